The Kier molecular flexibility index (Phi) is 4.11. The van der Waals surface area contributed by atoms with Crippen molar-refractivity contribution < 1.29 is 14.3 Å². The second-order valence-corrected chi connectivity index (χ2v) is 3.88. The van der Waals surface area contributed by atoms with Gasteiger partial charge in [-0.15, -0.1) is 0 Å². The van der Waals surface area contributed by atoms with Crippen LogP contribution in [-0.4, -0.2) is 18.9 Å². The van der Waals surface area contributed by atoms with Crippen LogP contribution >= 0.6 is 0 Å². The van der Waals surface area contributed by atoms with Gasteiger partial charge in [0.25, 0.3) is 0 Å². The minimum atomic E-state index is -0.211. The van der Waals surface area contributed by atoms with Crippen LogP contribution in [0.2, 0.25) is 0 Å². The van der Waals surface area contributed by atoms with E-state index in [-0.39, 0.29) is 23.6 Å². The topological polar surface area (TPSA) is 43.4 Å². The Morgan fingerprint density at radius 2 is 2.29 bits per heavy atom. The smallest absolute Gasteiger partial charge is 0.309 e. The number of carbonyl (C=O) groups is 2. The van der Waals surface area contributed by atoms with E-state index in [9.17, 15) is 9.59 Å². The summed E-state index contributed by atoms with van der Waals surface area (Å²) in [5, 5.41) is 0. The minimum absolute atomic E-state index is 0.0672. The fraction of sp³-hybridized carbons (Fsp3) is 0.818. The lowest BCUT2D eigenvalue weighted by Crippen LogP contribution is -2.23. The summed E-state index contributed by atoms with van der Waals surface area (Å²) in [4.78, 5) is 22.9. The molecule has 2 unspecified atom stereocenters. The van der Waals surface area contributed by atoms with Gasteiger partial charge < -0.3 is 4.74 Å². The molecule has 0 aliphatic heterocycles. The molecule has 0 aromatic carbocycles. The van der Waals surface area contributed by atoms with Crippen LogP contribution in [0.25, 0.3) is 0 Å². The number of carbonyl (C=O) groups excluding carboxylic acids is 2. The number of ketones is 1. The van der Waals surface area contributed by atoms with Gasteiger partial charge >= 0.3 is 5.97 Å². The fourth-order valence-corrected chi connectivity index (χ4v) is 2.13. The third-order valence-electron chi connectivity index (χ3n) is 2.97. The zero-order valence-electron chi connectivity index (χ0n) is 8.91. The van der Waals surface area contributed by atoms with E-state index in [0.717, 1.165) is 19.3 Å². The number of unbranched alkanes of at least 4 members (excludes halogenated alkanes) is 1. The average molecular weight is 198 g/mol. The first-order valence-corrected chi connectivity index (χ1v) is 5.31. The van der Waals surface area contributed by atoms with Crippen molar-refractivity contribution in [1.82, 2.24) is 0 Å². The molecule has 80 valence electrons. The third kappa shape index (κ3) is 2.34. The van der Waals surface area contributed by atoms with Crippen LogP contribution in [0.1, 0.15) is 39.0 Å². The maximum absolute atomic E-state index is 11.5. The second-order valence-electron chi connectivity index (χ2n) is 3.88. The van der Waals surface area contributed by atoms with Crippen molar-refractivity contribution in [3.8, 4) is 0 Å². The maximum atomic E-state index is 11.5. The molecule has 1 rings (SSSR count). The molecule has 3 nitrogen and oxygen atoms in total. The van der Waals surface area contributed by atoms with Crippen molar-refractivity contribution in [3.05, 3.63) is 0 Å². The Morgan fingerprint density at radius 3 is 2.86 bits per heavy atom. The van der Waals surface area contributed by atoms with Gasteiger partial charge in [-0.05, 0) is 12.8 Å². The van der Waals surface area contributed by atoms with E-state index in [2.05, 4.69) is 6.92 Å². The van der Waals surface area contributed by atoms with E-state index < -0.39 is 0 Å². The molecule has 0 saturated heterocycles. The van der Waals surface area contributed by atoms with Crippen molar-refractivity contribution in [2.45, 2.75) is 39.0 Å². The van der Waals surface area contributed by atoms with Crippen LogP contribution in [0.4, 0.5) is 0 Å². The Labute approximate surface area is 84.8 Å². The zero-order valence-corrected chi connectivity index (χ0v) is 8.91. The van der Waals surface area contributed by atoms with E-state index in [4.69, 9.17) is 4.74 Å². The van der Waals surface area contributed by atoms with E-state index in [1.807, 2.05) is 0 Å². The van der Waals surface area contributed by atoms with Crippen molar-refractivity contribution in [3.63, 3.8) is 0 Å². The molecule has 0 aromatic rings. The summed E-state index contributed by atoms with van der Waals surface area (Å²) < 4.78 is 4.70. The summed E-state index contributed by atoms with van der Waals surface area (Å²) >= 11 is 0. The minimum Gasteiger partial charge on any atom is -0.469 e. The van der Waals surface area contributed by atoms with Gasteiger partial charge in [0.1, 0.15) is 5.78 Å². The molecule has 1 fully saturated rings. The standard InChI is InChI=1S/C11H18O3/c1-3-4-5-8-9(11(13)14-2)6-7-10(8)12/h8-9H,3-7H2,1-2H3. The van der Waals surface area contributed by atoms with Crippen molar-refractivity contribution in [2.24, 2.45) is 11.8 Å². The Hall–Kier alpha value is -0.860. The molecule has 0 radical (unpaired) electrons. The van der Waals surface area contributed by atoms with Crippen LogP contribution in [-0.2, 0) is 14.3 Å². The molecule has 1 saturated carbocycles. The van der Waals surface area contributed by atoms with Crippen molar-refractivity contribution in [2.75, 3.05) is 7.11 Å². The number of ether oxygens (including phenoxy) is 1. The molecule has 3 heteroatoms. The second kappa shape index (κ2) is 5.13. The SMILES string of the molecule is CCCCC1C(=O)CCC1C(=O)OC. The van der Waals surface area contributed by atoms with Gasteiger partial charge in [-0.25, -0.2) is 0 Å². The first-order chi connectivity index (χ1) is 6.70. The summed E-state index contributed by atoms with van der Waals surface area (Å²) in [6, 6.07) is 0. The van der Waals surface area contributed by atoms with E-state index in [1.165, 1.54) is 7.11 Å². The predicted octanol–water partition coefficient (Wildman–Crippen LogP) is 1.94. The molecule has 14 heavy (non-hydrogen) atoms. The average Bonchev–Trinajstić information content (AvgIpc) is 2.56. The van der Waals surface area contributed by atoms with E-state index in [0.29, 0.717) is 12.8 Å². The lowest BCUT2D eigenvalue weighted by Gasteiger charge is -2.15. The number of Topliss-reactive ketones (excluding diaryl/α,β-unsaturated/α-hetero) is 1. The van der Waals surface area contributed by atoms with Gasteiger partial charge in [0, 0.05) is 12.3 Å². The Balaban J connectivity index is 2.57. The maximum Gasteiger partial charge on any atom is 0.309 e. The lowest BCUT2D eigenvalue weighted by molar-refractivity contribution is -0.148. The highest BCUT2D eigenvalue weighted by Gasteiger charge is 2.39. The van der Waals surface area contributed by atoms with Crippen LogP contribution in [0.3, 0.4) is 0 Å². The molecule has 0 bridgehead atoms. The van der Waals surface area contributed by atoms with Crippen molar-refractivity contribution >= 4 is 11.8 Å². The molecule has 0 amide bonds. The summed E-state index contributed by atoms with van der Waals surface area (Å²) in [5.41, 5.74) is 0. The predicted molar refractivity (Wildman–Crippen MR) is 52.8 cm³/mol. The molecule has 1 aliphatic carbocycles. The number of methoxy groups -OCH3 is 1. The van der Waals surface area contributed by atoms with Crippen LogP contribution in [0.5, 0.6) is 0 Å². The van der Waals surface area contributed by atoms with E-state index >= 15 is 0 Å². The van der Waals surface area contributed by atoms with Gasteiger partial charge in [-0.2, -0.15) is 0 Å². The first-order valence-electron chi connectivity index (χ1n) is 5.31. The molecule has 0 spiro atoms. The molecular formula is C11H18O3. The Morgan fingerprint density at radius 1 is 1.57 bits per heavy atom. The quantitative estimate of drug-likeness (QED) is 0.648. The van der Waals surface area contributed by atoms with Crippen LogP contribution < -0.4 is 0 Å². The highest BCUT2D eigenvalue weighted by molar-refractivity contribution is 5.90. The normalized spacial score (nSPS) is 26.6. The number of rotatable bonds is 4. The molecular weight excluding hydrogens is 180 g/mol. The number of hydrogen-bond acceptors (Lipinski definition) is 3. The molecule has 0 N–H and O–H groups in total. The molecule has 0 aromatic heterocycles. The van der Waals surface area contributed by atoms with Crippen molar-refractivity contribution in [1.29, 1.82) is 0 Å². The van der Waals surface area contributed by atoms with Gasteiger partial charge in [-0.3, -0.25) is 9.59 Å². The third-order valence-corrected chi connectivity index (χ3v) is 2.97. The zero-order chi connectivity index (χ0) is 10.6. The summed E-state index contributed by atoms with van der Waals surface area (Å²) in [6.45, 7) is 2.09. The summed E-state index contributed by atoms with van der Waals surface area (Å²) in [7, 11) is 1.39. The van der Waals surface area contributed by atoms with Gasteiger partial charge in [-0.1, -0.05) is 19.8 Å². The first kappa shape index (κ1) is 11.2. The van der Waals surface area contributed by atoms with E-state index in [1.54, 1.807) is 0 Å². The number of hydrogen-bond donors (Lipinski definition) is 0. The van der Waals surface area contributed by atoms with Gasteiger partial charge in [0.2, 0.25) is 0 Å². The molecule has 2 atom stereocenters. The summed E-state index contributed by atoms with van der Waals surface area (Å²) in [5.74, 6) is -0.202. The molecule has 0 heterocycles. The Bertz CT molecular complexity index is 223. The van der Waals surface area contributed by atoms with Crippen LogP contribution in [0.15, 0.2) is 0 Å². The summed E-state index contributed by atoms with van der Waals surface area (Å²) in [6.07, 6.45) is 4.16. The number of esters is 1. The fourth-order valence-electron chi connectivity index (χ4n) is 2.13. The highest BCUT2D eigenvalue weighted by atomic mass is 16.5. The lowest BCUT2D eigenvalue weighted by atomic mass is 9.90. The van der Waals surface area contributed by atoms with Gasteiger partial charge in [0.05, 0.1) is 13.0 Å². The largest absolute Gasteiger partial charge is 0.469 e. The van der Waals surface area contributed by atoms with Crippen LogP contribution in [0, 0.1) is 11.8 Å². The van der Waals surface area contributed by atoms with Gasteiger partial charge in [0.15, 0.2) is 0 Å². The highest BCUT2D eigenvalue weighted by Crippen LogP contribution is 2.33. The molecule has 1 aliphatic rings. The monoisotopic (exact) mass is 198 g/mol.